The van der Waals surface area contributed by atoms with E-state index in [9.17, 15) is 9.59 Å². The number of esters is 2. The summed E-state index contributed by atoms with van der Waals surface area (Å²) in [6, 6.07) is 5.66. The summed E-state index contributed by atoms with van der Waals surface area (Å²) in [5, 5.41) is 0. The normalized spacial score (nSPS) is 14.6. The summed E-state index contributed by atoms with van der Waals surface area (Å²) in [7, 11) is 0. The molecule has 0 atom stereocenters. The summed E-state index contributed by atoms with van der Waals surface area (Å²) in [6.45, 7) is 2.11. The predicted molar refractivity (Wildman–Crippen MR) is 59.2 cm³/mol. The van der Waals surface area contributed by atoms with Gasteiger partial charge in [0.05, 0.1) is 12.0 Å². The Bertz CT molecular complexity index is 435. The van der Waals surface area contributed by atoms with Crippen molar-refractivity contribution in [3.8, 4) is 0 Å². The quantitative estimate of drug-likeness (QED) is 0.577. The first-order valence-electron chi connectivity index (χ1n) is 5.58. The Morgan fingerprint density at radius 2 is 2.12 bits per heavy atom. The van der Waals surface area contributed by atoms with E-state index in [1.807, 2.05) is 18.2 Å². The lowest BCUT2D eigenvalue weighted by Crippen LogP contribution is -2.24. The van der Waals surface area contributed by atoms with Crippen molar-refractivity contribution in [1.82, 2.24) is 0 Å². The number of ether oxygens (including phenoxy) is 1. The van der Waals surface area contributed by atoms with Gasteiger partial charge in [-0.1, -0.05) is 31.5 Å². The minimum absolute atomic E-state index is 0.209. The largest absolute Gasteiger partial charge is 0.389 e. The Morgan fingerprint density at radius 3 is 2.88 bits per heavy atom. The molecule has 0 N–H and O–H groups in total. The molecule has 0 radical (unpaired) electrons. The van der Waals surface area contributed by atoms with Crippen LogP contribution in [0, 0.1) is 0 Å². The second-order valence-electron chi connectivity index (χ2n) is 3.99. The Hall–Kier alpha value is -1.64. The Kier molecular flexibility index (Phi) is 3.04. The van der Waals surface area contributed by atoms with Gasteiger partial charge in [0.15, 0.2) is 0 Å². The van der Waals surface area contributed by atoms with Gasteiger partial charge in [-0.15, -0.1) is 0 Å². The van der Waals surface area contributed by atoms with Gasteiger partial charge >= 0.3 is 11.9 Å². The van der Waals surface area contributed by atoms with E-state index in [2.05, 4.69) is 11.7 Å². The first-order valence-corrected chi connectivity index (χ1v) is 5.58. The maximum atomic E-state index is 11.6. The number of carbonyl (C=O) groups excluding carboxylic acids is 2. The molecule has 0 spiro atoms. The molecule has 1 aliphatic rings. The summed E-state index contributed by atoms with van der Waals surface area (Å²) < 4.78 is 4.66. The third-order valence-corrected chi connectivity index (χ3v) is 2.78. The molecule has 3 nitrogen and oxygen atoms in total. The molecule has 1 aromatic rings. The van der Waals surface area contributed by atoms with Gasteiger partial charge in [-0.2, -0.15) is 0 Å². The lowest BCUT2D eigenvalue weighted by molar-refractivity contribution is -0.137. The molecular weight excluding hydrogens is 204 g/mol. The fourth-order valence-electron chi connectivity index (χ4n) is 1.98. The summed E-state index contributed by atoms with van der Waals surface area (Å²) >= 11 is 0. The monoisotopic (exact) mass is 218 g/mol. The van der Waals surface area contributed by atoms with E-state index in [4.69, 9.17) is 0 Å². The molecule has 1 aromatic carbocycles. The highest BCUT2D eigenvalue weighted by molar-refractivity contribution is 6.03. The van der Waals surface area contributed by atoms with E-state index in [-0.39, 0.29) is 6.42 Å². The van der Waals surface area contributed by atoms with Gasteiger partial charge < -0.3 is 4.74 Å². The van der Waals surface area contributed by atoms with E-state index in [1.54, 1.807) is 0 Å². The van der Waals surface area contributed by atoms with Crippen molar-refractivity contribution >= 4 is 11.9 Å². The lowest BCUT2D eigenvalue weighted by Gasteiger charge is -2.17. The molecule has 1 heterocycles. The molecule has 0 unspecified atom stereocenters. The van der Waals surface area contributed by atoms with Crippen LogP contribution >= 0.6 is 0 Å². The van der Waals surface area contributed by atoms with Crippen molar-refractivity contribution in [1.29, 1.82) is 0 Å². The first-order chi connectivity index (χ1) is 7.72. The van der Waals surface area contributed by atoms with Crippen molar-refractivity contribution in [2.45, 2.75) is 32.6 Å². The Morgan fingerprint density at radius 1 is 1.31 bits per heavy atom. The molecule has 0 aromatic heterocycles. The van der Waals surface area contributed by atoms with Gasteiger partial charge in [0, 0.05) is 0 Å². The highest BCUT2D eigenvalue weighted by Gasteiger charge is 2.26. The minimum atomic E-state index is -0.488. The maximum Gasteiger partial charge on any atom is 0.346 e. The molecule has 16 heavy (non-hydrogen) atoms. The molecule has 0 aliphatic carbocycles. The zero-order valence-electron chi connectivity index (χ0n) is 9.29. The minimum Gasteiger partial charge on any atom is -0.389 e. The van der Waals surface area contributed by atoms with Gasteiger partial charge in [-0.25, -0.2) is 4.79 Å². The maximum absolute atomic E-state index is 11.6. The van der Waals surface area contributed by atoms with E-state index in [0.717, 1.165) is 30.4 Å². The number of benzene rings is 1. The van der Waals surface area contributed by atoms with E-state index in [0.29, 0.717) is 5.56 Å². The summed E-state index contributed by atoms with van der Waals surface area (Å²) in [5.41, 5.74) is 2.40. The fraction of sp³-hybridized carbons (Fsp3) is 0.385. The number of unbranched alkanes of at least 4 members (excludes halogenated alkanes) is 1. The molecule has 2 rings (SSSR count). The number of cyclic esters (lactones) is 2. The first kappa shape index (κ1) is 10.9. The van der Waals surface area contributed by atoms with Crippen molar-refractivity contribution in [3.05, 3.63) is 34.9 Å². The molecule has 0 bridgehead atoms. The molecular formula is C13H14O3. The molecule has 3 heteroatoms. The molecule has 0 saturated heterocycles. The lowest BCUT2D eigenvalue weighted by atomic mass is 9.94. The second-order valence-corrected chi connectivity index (χ2v) is 3.99. The highest BCUT2D eigenvalue weighted by Crippen LogP contribution is 2.22. The van der Waals surface area contributed by atoms with Gasteiger partial charge in [0.25, 0.3) is 0 Å². The van der Waals surface area contributed by atoms with Gasteiger partial charge in [0.1, 0.15) is 0 Å². The number of rotatable bonds is 3. The molecule has 0 saturated carbocycles. The predicted octanol–water partition coefficient (Wildman–Crippen LogP) is 2.27. The standard InChI is InChI=1S/C13H14O3/c1-2-3-5-9-6-4-7-10-8-11(14)16-13(15)12(9)10/h4,6-7H,2-3,5,8H2,1H3. The molecule has 84 valence electrons. The van der Waals surface area contributed by atoms with Crippen molar-refractivity contribution in [2.75, 3.05) is 0 Å². The van der Waals surface area contributed by atoms with Crippen LogP contribution in [0.15, 0.2) is 18.2 Å². The van der Waals surface area contributed by atoms with E-state index < -0.39 is 11.9 Å². The van der Waals surface area contributed by atoms with Crippen molar-refractivity contribution in [2.24, 2.45) is 0 Å². The molecule has 0 fully saturated rings. The Balaban J connectivity index is 2.38. The van der Waals surface area contributed by atoms with Crippen LogP contribution in [0.4, 0.5) is 0 Å². The third-order valence-electron chi connectivity index (χ3n) is 2.78. The second kappa shape index (κ2) is 4.47. The Labute approximate surface area is 94.4 Å². The van der Waals surface area contributed by atoms with E-state index in [1.165, 1.54) is 0 Å². The number of fused-ring (bicyclic) bond motifs is 1. The number of aryl methyl sites for hydroxylation is 1. The third kappa shape index (κ3) is 1.98. The average Bonchev–Trinajstić information content (AvgIpc) is 2.25. The van der Waals surface area contributed by atoms with Crippen LogP contribution in [-0.4, -0.2) is 11.9 Å². The van der Waals surface area contributed by atoms with Crippen LogP contribution in [0.3, 0.4) is 0 Å². The zero-order chi connectivity index (χ0) is 11.5. The molecule has 0 amide bonds. The zero-order valence-corrected chi connectivity index (χ0v) is 9.29. The SMILES string of the molecule is CCCCc1cccc2c1C(=O)OC(=O)C2. The highest BCUT2D eigenvalue weighted by atomic mass is 16.6. The smallest absolute Gasteiger partial charge is 0.346 e. The van der Waals surface area contributed by atoms with Gasteiger partial charge in [0.2, 0.25) is 0 Å². The fourth-order valence-corrected chi connectivity index (χ4v) is 1.98. The summed E-state index contributed by atoms with van der Waals surface area (Å²) in [6.07, 6.45) is 3.19. The van der Waals surface area contributed by atoms with Crippen molar-refractivity contribution < 1.29 is 14.3 Å². The molecule has 1 aliphatic heterocycles. The number of hydrogen-bond donors (Lipinski definition) is 0. The number of carbonyl (C=O) groups is 2. The summed E-state index contributed by atoms with van der Waals surface area (Å²) in [5.74, 6) is -0.942. The number of hydrogen-bond acceptors (Lipinski definition) is 3. The van der Waals surface area contributed by atoms with Crippen LogP contribution in [-0.2, 0) is 22.4 Å². The van der Waals surface area contributed by atoms with Crippen LogP contribution in [0.1, 0.15) is 41.3 Å². The van der Waals surface area contributed by atoms with Crippen LogP contribution in [0.5, 0.6) is 0 Å². The van der Waals surface area contributed by atoms with Crippen molar-refractivity contribution in [3.63, 3.8) is 0 Å². The average molecular weight is 218 g/mol. The van der Waals surface area contributed by atoms with E-state index >= 15 is 0 Å². The van der Waals surface area contributed by atoms with Gasteiger partial charge in [-0.05, 0) is 24.0 Å². The summed E-state index contributed by atoms with van der Waals surface area (Å²) in [4.78, 5) is 22.8. The van der Waals surface area contributed by atoms with Crippen LogP contribution in [0.25, 0.3) is 0 Å². The van der Waals surface area contributed by atoms with Gasteiger partial charge in [-0.3, -0.25) is 4.79 Å². The van der Waals surface area contributed by atoms with Crippen LogP contribution < -0.4 is 0 Å². The topological polar surface area (TPSA) is 43.4 Å². The van der Waals surface area contributed by atoms with Crippen LogP contribution in [0.2, 0.25) is 0 Å².